The van der Waals surface area contributed by atoms with Crippen LogP contribution in [-0.2, 0) is 32.5 Å². The van der Waals surface area contributed by atoms with Gasteiger partial charge in [-0.2, -0.15) is 0 Å². The predicted octanol–water partition coefficient (Wildman–Crippen LogP) is 1.16. The lowest BCUT2D eigenvalue weighted by Crippen LogP contribution is -2.41. The maximum absolute atomic E-state index is 12.4. The Labute approximate surface area is 167 Å². The Kier molecular flexibility index (Phi) is 7.11. The Hall–Kier alpha value is -1.45. The molecule has 9 heteroatoms. The molecule has 0 spiro atoms. The van der Waals surface area contributed by atoms with Crippen LogP contribution in [0.2, 0.25) is 0 Å². The van der Waals surface area contributed by atoms with Gasteiger partial charge in [-0.05, 0) is 31.7 Å². The minimum absolute atomic E-state index is 0.0338. The van der Waals surface area contributed by atoms with Gasteiger partial charge in [-0.1, -0.05) is 6.92 Å². The fourth-order valence-corrected chi connectivity index (χ4v) is 5.21. The summed E-state index contributed by atoms with van der Waals surface area (Å²) in [4.78, 5) is 20.5. The number of aromatic nitrogens is 2. The topological polar surface area (TPSA) is 84.7 Å². The summed E-state index contributed by atoms with van der Waals surface area (Å²) < 4.78 is 31.7. The van der Waals surface area contributed by atoms with Crippen molar-refractivity contribution in [1.29, 1.82) is 0 Å². The minimum atomic E-state index is -3.38. The molecule has 0 N–H and O–H groups in total. The van der Waals surface area contributed by atoms with Crippen LogP contribution in [0.3, 0.4) is 0 Å². The molecule has 2 fully saturated rings. The van der Waals surface area contributed by atoms with Crippen molar-refractivity contribution in [3.8, 4) is 0 Å². The lowest BCUT2D eigenvalue weighted by Gasteiger charge is -2.34. The molecule has 1 amide bonds. The minimum Gasteiger partial charge on any atom is -0.383 e. The van der Waals surface area contributed by atoms with Crippen molar-refractivity contribution in [2.24, 2.45) is 5.92 Å². The molecular formula is C19H32N4O4S. The molecule has 0 radical (unpaired) electrons. The van der Waals surface area contributed by atoms with Crippen LogP contribution in [0.15, 0.2) is 11.4 Å². The van der Waals surface area contributed by atoms with Gasteiger partial charge in [0.25, 0.3) is 0 Å². The smallest absolute Gasteiger partial charge is 0.227 e. The number of amides is 1. The Morgan fingerprint density at radius 2 is 2.11 bits per heavy atom. The number of carbonyl (C=O) groups is 1. The Morgan fingerprint density at radius 3 is 2.79 bits per heavy atom. The van der Waals surface area contributed by atoms with E-state index in [0.717, 1.165) is 51.1 Å². The highest BCUT2D eigenvalue weighted by Gasteiger charge is 2.28. The third kappa shape index (κ3) is 4.93. The first kappa shape index (κ1) is 21.3. The van der Waals surface area contributed by atoms with Crippen molar-refractivity contribution in [3.05, 3.63) is 11.9 Å². The summed E-state index contributed by atoms with van der Waals surface area (Å²) in [6.45, 7) is 6.85. The number of sulfone groups is 1. The summed E-state index contributed by atoms with van der Waals surface area (Å²) in [6.07, 6.45) is 5.58. The van der Waals surface area contributed by atoms with Gasteiger partial charge in [0.15, 0.2) is 0 Å². The Bertz CT molecular complexity index is 777. The molecule has 3 heterocycles. The third-order valence-corrected chi connectivity index (χ3v) is 7.36. The summed E-state index contributed by atoms with van der Waals surface area (Å²) in [6, 6.07) is 0. The maximum Gasteiger partial charge on any atom is 0.227 e. The molecular weight excluding hydrogens is 380 g/mol. The second kappa shape index (κ2) is 9.37. The quantitative estimate of drug-likeness (QED) is 0.605. The van der Waals surface area contributed by atoms with Gasteiger partial charge < -0.3 is 14.2 Å². The number of nitrogens with zero attached hydrogens (tertiary/aromatic N) is 4. The van der Waals surface area contributed by atoms with Crippen molar-refractivity contribution in [3.63, 3.8) is 0 Å². The van der Waals surface area contributed by atoms with E-state index >= 15 is 0 Å². The molecule has 0 bridgehead atoms. The molecule has 3 rings (SSSR count). The first-order valence-corrected chi connectivity index (χ1v) is 11.9. The molecule has 1 aromatic heterocycles. The summed E-state index contributed by atoms with van der Waals surface area (Å²) >= 11 is 0. The fraction of sp³-hybridized carbons (Fsp3) is 0.789. The molecule has 0 saturated carbocycles. The van der Waals surface area contributed by atoms with Crippen molar-refractivity contribution in [1.82, 2.24) is 19.4 Å². The fourth-order valence-electron chi connectivity index (χ4n) is 4.20. The SMILES string of the molecule is CCS(=O)(=O)c1ncc(CN2CCC[C@@H](CN3CCCC3=O)C2)n1CCOC. The van der Waals surface area contributed by atoms with Crippen LogP contribution in [0.1, 0.15) is 38.3 Å². The largest absolute Gasteiger partial charge is 0.383 e. The Morgan fingerprint density at radius 1 is 1.29 bits per heavy atom. The summed E-state index contributed by atoms with van der Waals surface area (Å²) in [5, 5.41) is 0.137. The van der Waals surface area contributed by atoms with Gasteiger partial charge in [0, 0.05) is 46.3 Å². The molecule has 28 heavy (non-hydrogen) atoms. The molecule has 0 aliphatic carbocycles. The number of imidazole rings is 1. The first-order valence-electron chi connectivity index (χ1n) is 10.2. The lowest BCUT2D eigenvalue weighted by molar-refractivity contribution is -0.128. The van der Waals surface area contributed by atoms with E-state index in [2.05, 4.69) is 9.88 Å². The number of piperidine rings is 1. The second-order valence-electron chi connectivity index (χ2n) is 7.77. The zero-order valence-electron chi connectivity index (χ0n) is 17.0. The maximum atomic E-state index is 12.4. The van der Waals surface area contributed by atoms with Gasteiger partial charge in [-0.25, -0.2) is 13.4 Å². The highest BCUT2D eigenvalue weighted by molar-refractivity contribution is 7.91. The van der Waals surface area contributed by atoms with E-state index in [1.165, 1.54) is 0 Å². The van der Waals surface area contributed by atoms with Crippen LogP contribution in [0, 0.1) is 5.92 Å². The van der Waals surface area contributed by atoms with Crippen molar-refractivity contribution in [2.45, 2.75) is 50.9 Å². The highest BCUT2D eigenvalue weighted by Crippen LogP contribution is 2.23. The molecule has 2 aliphatic heterocycles. The van der Waals surface area contributed by atoms with E-state index in [-0.39, 0.29) is 16.8 Å². The second-order valence-corrected chi connectivity index (χ2v) is 9.94. The summed E-state index contributed by atoms with van der Waals surface area (Å²) in [7, 11) is -1.77. The molecule has 2 saturated heterocycles. The van der Waals surface area contributed by atoms with E-state index < -0.39 is 9.84 Å². The summed E-state index contributed by atoms with van der Waals surface area (Å²) in [5.41, 5.74) is 0.905. The van der Waals surface area contributed by atoms with Crippen molar-refractivity contribution in [2.75, 3.05) is 45.6 Å². The average Bonchev–Trinajstić information content (AvgIpc) is 3.27. The standard InChI is InChI=1S/C19H32N4O4S/c1-3-28(25,26)19-20-12-17(23(19)10-11-27-2)15-21-8-4-6-16(13-21)14-22-9-5-7-18(22)24/h12,16H,3-11,13-15H2,1-2H3/t16-/m1/s1. The van der Waals surface area contributed by atoms with Crippen LogP contribution in [0.4, 0.5) is 0 Å². The van der Waals surface area contributed by atoms with E-state index in [1.807, 2.05) is 4.90 Å². The van der Waals surface area contributed by atoms with Gasteiger partial charge in [0.05, 0.1) is 24.3 Å². The third-order valence-electron chi connectivity index (χ3n) is 5.72. The number of ether oxygens (including phenoxy) is 1. The van der Waals surface area contributed by atoms with E-state index in [1.54, 1.807) is 24.8 Å². The predicted molar refractivity (Wildman–Crippen MR) is 106 cm³/mol. The first-order chi connectivity index (χ1) is 13.4. The molecule has 8 nitrogen and oxygen atoms in total. The van der Waals surface area contributed by atoms with Crippen LogP contribution in [0.5, 0.6) is 0 Å². The van der Waals surface area contributed by atoms with Gasteiger partial charge in [0.1, 0.15) is 0 Å². The van der Waals surface area contributed by atoms with Gasteiger partial charge >= 0.3 is 0 Å². The number of methoxy groups -OCH3 is 1. The van der Waals surface area contributed by atoms with E-state index in [4.69, 9.17) is 4.74 Å². The number of carbonyl (C=O) groups excluding carboxylic acids is 1. The molecule has 158 valence electrons. The van der Waals surface area contributed by atoms with Gasteiger partial charge in [-0.3, -0.25) is 9.69 Å². The van der Waals surface area contributed by atoms with Crippen molar-refractivity contribution < 1.29 is 17.9 Å². The lowest BCUT2D eigenvalue weighted by atomic mass is 9.97. The molecule has 0 unspecified atom stereocenters. The number of hydrogen-bond donors (Lipinski definition) is 0. The van der Waals surface area contributed by atoms with Crippen molar-refractivity contribution >= 4 is 15.7 Å². The number of hydrogen-bond acceptors (Lipinski definition) is 6. The average molecular weight is 413 g/mol. The Balaban J connectivity index is 1.69. The number of rotatable bonds is 9. The molecule has 1 aromatic rings. The highest BCUT2D eigenvalue weighted by atomic mass is 32.2. The molecule has 0 aromatic carbocycles. The monoisotopic (exact) mass is 412 g/mol. The normalized spacial score (nSPS) is 21.6. The number of likely N-dealkylation sites (tertiary alicyclic amines) is 2. The zero-order chi connectivity index (χ0) is 20.1. The van der Waals surface area contributed by atoms with Crippen LogP contribution >= 0.6 is 0 Å². The molecule has 2 aliphatic rings. The summed E-state index contributed by atoms with van der Waals surface area (Å²) in [5.74, 6) is 0.792. The molecule has 1 atom stereocenters. The zero-order valence-corrected chi connectivity index (χ0v) is 17.8. The van der Waals surface area contributed by atoms with Crippen LogP contribution in [0.25, 0.3) is 0 Å². The van der Waals surface area contributed by atoms with Crippen LogP contribution in [-0.4, -0.2) is 79.3 Å². The van der Waals surface area contributed by atoms with Gasteiger partial charge in [-0.15, -0.1) is 0 Å². The van der Waals surface area contributed by atoms with E-state index in [0.29, 0.717) is 32.0 Å². The van der Waals surface area contributed by atoms with E-state index in [9.17, 15) is 13.2 Å². The van der Waals surface area contributed by atoms with Gasteiger partial charge in [0.2, 0.25) is 20.9 Å². The van der Waals surface area contributed by atoms with Crippen LogP contribution < -0.4 is 0 Å².